The Labute approximate surface area is 103 Å². The van der Waals surface area contributed by atoms with Gasteiger partial charge in [0, 0.05) is 6.54 Å². The number of hydrogen-bond acceptors (Lipinski definition) is 2. The highest BCUT2D eigenvalue weighted by molar-refractivity contribution is 5.65. The van der Waals surface area contributed by atoms with E-state index in [-0.39, 0.29) is 5.82 Å². The van der Waals surface area contributed by atoms with Gasteiger partial charge in [0.2, 0.25) is 0 Å². The molecule has 1 unspecified atom stereocenters. The molecule has 0 spiro atoms. The first-order valence-corrected chi connectivity index (χ1v) is 6.46. The van der Waals surface area contributed by atoms with Crippen LogP contribution in [0.25, 0.3) is 0 Å². The molecule has 0 aliphatic carbocycles. The molecule has 1 aromatic rings. The number of benzene rings is 1. The lowest BCUT2D eigenvalue weighted by atomic mass is 9.99. The smallest absolute Gasteiger partial charge is 0.125 e. The topological polar surface area (TPSA) is 38.0 Å². The van der Waals surface area contributed by atoms with Crippen molar-refractivity contribution in [3.05, 3.63) is 24.0 Å². The summed E-state index contributed by atoms with van der Waals surface area (Å²) in [7, 11) is 0. The number of unbranched alkanes of at least 4 members (excludes halogenated alkanes) is 1. The Morgan fingerprint density at radius 1 is 1.35 bits per heavy atom. The molecule has 0 radical (unpaired) electrons. The van der Waals surface area contributed by atoms with Crippen molar-refractivity contribution in [2.45, 2.75) is 39.5 Å². The van der Waals surface area contributed by atoms with E-state index >= 15 is 0 Å². The lowest BCUT2D eigenvalue weighted by Gasteiger charge is -2.17. The Morgan fingerprint density at radius 3 is 2.71 bits per heavy atom. The molecule has 0 aromatic heterocycles. The van der Waals surface area contributed by atoms with Gasteiger partial charge in [0.05, 0.1) is 11.4 Å². The molecule has 3 heteroatoms. The summed E-state index contributed by atoms with van der Waals surface area (Å²) in [6.07, 6.45) is 4.89. The van der Waals surface area contributed by atoms with Crippen LogP contribution in [0.15, 0.2) is 18.2 Å². The van der Waals surface area contributed by atoms with E-state index in [1.807, 2.05) is 0 Å². The van der Waals surface area contributed by atoms with Gasteiger partial charge in [-0.05, 0) is 30.5 Å². The lowest BCUT2D eigenvalue weighted by Crippen LogP contribution is -2.14. The van der Waals surface area contributed by atoms with Gasteiger partial charge in [-0.25, -0.2) is 4.39 Å². The second kappa shape index (κ2) is 7.15. The molecule has 3 N–H and O–H groups in total. The highest BCUT2D eigenvalue weighted by Crippen LogP contribution is 2.21. The number of rotatable bonds is 7. The van der Waals surface area contributed by atoms with Crippen LogP contribution in [0, 0.1) is 11.7 Å². The summed E-state index contributed by atoms with van der Waals surface area (Å²) in [6, 6.07) is 4.50. The van der Waals surface area contributed by atoms with E-state index in [2.05, 4.69) is 19.2 Å². The Balaban J connectivity index is 2.47. The maximum atomic E-state index is 12.9. The highest BCUT2D eigenvalue weighted by Gasteiger charge is 2.07. The van der Waals surface area contributed by atoms with Crippen LogP contribution >= 0.6 is 0 Å². The molecule has 96 valence electrons. The van der Waals surface area contributed by atoms with Gasteiger partial charge in [0.1, 0.15) is 5.82 Å². The molecule has 0 bridgehead atoms. The Morgan fingerprint density at radius 2 is 2.12 bits per heavy atom. The number of hydrogen-bond donors (Lipinski definition) is 2. The van der Waals surface area contributed by atoms with Gasteiger partial charge in [-0.1, -0.05) is 33.1 Å². The minimum Gasteiger partial charge on any atom is -0.397 e. The second-order valence-electron chi connectivity index (χ2n) is 4.53. The Bertz CT molecular complexity index is 339. The minimum atomic E-state index is -0.286. The predicted octanol–water partition coefficient (Wildman–Crippen LogP) is 4.04. The second-order valence-corrected chi connectivity index (χ2v) is 4.53. The fourth-order valence-corrected chi connectivity index (χ4v) is 1.89. The zero-order valence-corrected chi connectivity index (χ0v) is 10.8. The number of nitrogens with two attached hydrogens (primary N) is 1. The molecule has 1 aromatic carbocycles. The van der Waals surface area contributed by atoms with Crippen molar-refractivity contribution < 1.29 is 4.39 Å². The van der Waals surface area contributed by atoms with Crippen molar-refractivity contribution in [2.75, 3.05) is 17.6 Å². The molecule has 2 nitrogen and oxygen atoms in total. The molecule has 0 saturated carbocycles. The number of halogens is 1. The van der Waals surface area contributed by atoms with Gasteiger partial charge < -0.3 is 11.1 Å². The summed E-state index contributed by atoms with van der Waals surface area (Å²) < 4.78 is 12.9. The highest BCUT2D eigenvalue weighted by atomic mass is 19.1. The van der Waals surface area contributed by atoms with Gasteiger partial charge in [-0.15, -0.1) is 0 Å². The van der Waals surface area contributed by atoms with E-state index in [1.165, 1.54) is 31.4 Å². The maximum Gasteiger partial charge on any atom is 0.125 e. The molecular weight excluding hydrogens is 215 g/mol. The van der Waals surface area contributed by atoms with Crippen LogP contribution in [0.2, 0.25) is 0 Å². The largest absolute Gasteiger partial charge is 0.397 e. The van der Waals surface area contributed by atoms with Crippen LogP contribution < -0.4 is 11.1 Å². The summed E-state index contributed by atoms with van der Waals surface area (Å²) in [4.78, 5) is 0. The number of nitrogen functional groups attached to an aromatic ring is 1. The summed E-state index contributed by atoms with van der Waals surface area (Å²) in [5.41, 5.74) is 7.06. The molecule has 0 fully saturated rings. The third kappa shape index (κ3) is 4.63. The quantitative estimate of drug-likeness (QED) is 0.704. The van der Waals surface area contributed by atoms with Crippen molar-refractivity contribution in [2.24, 2.45) is 5.92 Å². The van der Waals surface area contributed by atoms with E-state index in [9.17, 15) is 4.39 Å². The van der Waals surface area contributed by atoms with Crippen molar-refractivity contribution in [1.82, 2.24) is 0 Å². The van der Waals surface area contributed by atoms with Crippen LogP contribution in [0.3, 0.4) is 0 Å². The van der Waals surface area contributed by atoms with Gasteiger partial charge >= 0.3 is 0 Å². The molecular formula is C14H23FN2. The first-order valence-electron chi connectivity index (χ1n) is 6.46. The van der Waals surface area contributed by atoms with Crippen LogP contribution in [0.1, 0.15) is 39.5 Å². The molecule has 1 rings (SSSR count). The molecule has 0 aliphatic rings. The number of nitrogens with one attached hydrogen (secondary N) is 1. The van der Waals surface area contributed by atoms with E-state index in [0.717, 1.165) is 18.7 Å². The van der Waals surface area contributed by atoms with Gasteiger partial charge in [-0.3, -0.25) is 0 Å². The molecule has 17 heavy (non-hydrogen) atoms. The fraction of sp³-hybridized carbons (Fsp3) is 0.571. The van der Waals surface area contributed by atoms with E-state index in [0.29, 0.717) is 11.6 Å². The number of anilines is 2. The molecule has 1 atom stereocenters. The van der Waals surface area contributed by atoms with Crippen LogP contribution in [0.5, 0.6) is 0 Å². The Kier molecular flexibility index (Phi) is 5.81. The first-order chi connectivity index (χ1) is 8.17. The predicted molar refractivity (Wildman–Crippen MR) is 72.6 cm³/mol. The van der Waals surface area contributed by atoms with E-state index in [4.69, 9.17) is 5.73 Å². The molecule has 0 saturated heterocycles. The van der Waals surface area contributed by atoms with Gasteiger partial charge in [0.25, 0.3) is 0 Å². The van der Waals surface area contributed by atoms with Gasteiger partial charge in [-0.2, -0.15) is 0 Å². The summed E-state index contributed by atoms with van der Waals surface area (Å²) in [6.45, 7) is 5.32. The van der Waals surface area contributed by atoms with Crippen molar-refractivity contribution in [3.8, 4) is 0 Å². The molecule has 0 amide bonds. The standard InChI is InChI=1S/C14H23FN2/c1-3-5-6-11(4-2)10-17-14-8-7-12(15)9-13(14)16/h7-9,11,17H,3-6,10,16H2,1-2H3. The van der Waals surface area contributed by atoms with Gasteiger partial charge in [0.15, 0.2) is 0 Å². The summed E-state index contributed by atoms with van der Waals surface area (Å²) >= 11 is 0. The lowest BCUT2D eigenvalue weighted by molar-refractivity contribution is 0.473. The first kappa shape index (κ1) is 13.8. The zero-order chi connectivity index (χ0) is 12.7. The van der Waals surface area contributed by atoms with Crippen LogP contribution in [-0.2, 0) is 0 Å². The van der Waals surface area contributed by atoms with E-state index < -0.39 is 0 Å². The van der Waals surface area contributed by atoms with E-state index in [1.54, 1.807) is 6.07 Å². The van der Waals surface area contributed by atoms with Crippen molar-refractivity contribution >= 4 is 11.4 Å². The normalized spacial score (nSPS) is 12.4. The summed E-state index contributed by atoms with van der Waals surface area (Å²) in [5.74, 6) is 0.380. The van der Waals surface area contributed by atoms with Crippen LogP contribution in [-0.4, -0.2) is 6.54 Å². The molecule has 0 aliphatic heterocycles. The van der Waals surface area contributed by atoms with Crippen molar-refractivity contribution in [1.29, 1.82) is 0 Å². The molecule has 0 heterocycles. The Hall–Kier alpha value is -1.25. The average molecular weight is 238 g/mol. The maximum absolute atomic E-state index is 12.9. The van der Waals surface area contributed by atoms with Crippen molar-refractivity contribution in [3.63, 3.8) is 0 Å². The van der Waals surface area contributed by atoms with Crippen LogP contribution in [0.4, 0.5) is 15.8 Å². The summed E-state index contributed by atoms with van der Waals surface area (Å²) in [5, 5.41) is 3.31. The fourth-order valence-electron chi connectivity index (χ4n) is 1.89. The SMILES string of the molecule is CCCCC(CC)CNc1ccc(F)cc1N. The average Bonchev–Trinajstić information content (AvgIpc) is 2.31. The minimum absolute atomic E-state index is 0.286. The third-order valence-corrected chi connectivity index (χ3v) is 3.14. The monoisotopic (exact) mass is 238 g/mol. The zero-order valence-electron chi connectivity index (χ0n) is 10.8. The third-order valence-electron chi connectivity index (χ3n) is 3.14.